The fourth-order valence-electron chi connectivity index (χ4n) is 1.68. The molecule has 6 heteroatoms. The Kier molecular flexibility index (Phi) is 3.15. The molecule has 0 atom stereocenters. The van der Waals surface area contributed by atoms with E-state index in [4.69, 9.17) is 32.6 Å². The smallest absolute Gasteiger partial charge is 0.258 e. The van der Waals surface area contributed by atoms with Crippen molar-refractivity contribution in [1.29, 1.82) is 5.26 Å². The first-order valence-corrected chi connectivity index (χ1v) is 6.14. The van der Waals surface area contributed by atoms with Gasteiger partial charge in [-0.05, 0) is 29.8 Å². The van der Waals surface area contributed by atoms with E-state index in [1.165, 1.54) is 18.2 Å². The van der Waals surface area contributed by atoms with E-state index in [1.54, 1.807) is 6.07 Å². The van der Waals surface area contributed by atoms with E-state index in [0.29, 0.717) is 15.6 Å². The third-order valence-electron chi connectivity index (χ3n) is 2.47. The lowest BCUT2D eigenvalue weighted by molar-refractivity contribution is -0.385. The van der Waals surface area contributed by atoms with Gasteiger partial charge in [0.25, 0.3) is 5.69 Å². The molecule has 0 fully saturated rings. The lowest BCUT2D eigenvalue weighted by Gasteiger charge is -2.05. The third-order valence-corrected chi connectivity index (χ3v) is 2.90. The van der Waals surface area contributed by atoms with Gasteiger partial charge in [-0.2, -0.15) is 5.26 Å². The molecule has 0 aliphatic carbocycles. The number of hydrogen-bond donors (Lipinski definition) is 0. The molecule has 0 unspecified atom stereocenters. The quantitative estimate of drug-likeness (QED) is 0.624. The highest BCUT2D eigenvalue weighted by atomic mass is 35.5. The number of rotatable bonds is 3. The normalized spacial score (nSPS) is 12.2. The molecule has 0 saturated carbocycles. The molecule has 0 saturated heterocycles. The Morgan fingerprint density at radius 2 is 1.95 bits per heavy atom. The van der Waals surface area contributed by atoms with Crippen molar-refractivity contribution in [3.05, 3.63) is 73.2 Å². The fourth-order valence-corrected chi connectivity index (χ4v) is 2.25. The predicted octanol–water partition coefficient (Wildman–Crippen LogP) is 4.36. The maximum atomic E-state index is 11.3. The summed E-state index contributed by atoms with van der Waals surface area (Å²) in [6, 6.07) is 4.49. The van der Waals surface area contributed by atoms with Crippen molar-refractivity contribution in [3.8, 4) is 6.07 Å². The van der Waals surface area contributed by atoms with Gasteiger partial charge in [-0.15, -0.1) is 0 Å². The lowest BCUT2D eigenvalue weighted by atomic mass is 10.0. The van der Waals surface area contributed by atoms with Crippen molar-refractivity contribution < 1.29 is 9.04 Å². The molecule has 0 aliphatic heterocycles. The molecule has 2 rings (SSSR count). The standard InChI is InChI=1S/C14H8Cl2N2O2/c15-12-4-10(5-13(16)7-12)3-11-2-1-9(8-17)6-14(11)18(19)20/h1-2,4-7H,3H2/i1D,2D,6D. The Balaban J connectivity index is 2.71. The minimum atomic E-state index is -0.817. The second-order valence-electron chi connectivity index (χ2n) is 3.90. The molecule has 2 aromatic carbocycles. The first kappa shape index (κ1) is 10.7. The number of halogens is 2. The topological polar surface area (TPSA) is 66.9 Å². The fraction of sp³-hybridized carbons (Fsp3) is 0.0714. The molecule has 20 heavy (non-hydrogen) atoms. The summed E-state index contributed by atoms with van der Waals surface area (Å²) >= 11 is 11.8. The molecule has 0 aliphatic rings. The number of hydrogen-bond acceptors (Lipinski definition) is 3. The number of nitriles is 1. The van der Waals surface area contributed by atoms with Crippen LogP contribution in [0.25, 0.3) is 0 Å². The summed E-state index contributed by atoms with van der Waals surface area (Å²) in [6.45, 7) is 0. The van der Waals surface area contributed by atoms with Crippen molar-refractivity contribution >= 4 is 28.9 Å². The minimum Gasteiger partial charge on any atom is -0.258 e. The Hall–Kier alpha value is -2.09. The van der Waals surface area contributed by atoms with Gasteiger partial charge in [0, 0.05) is 28.1 Å². The zero-order valence-corrected chi connectivity index (χ0v) is 11.4. The number of nitrogens with zero attached hydrogens (tertiary/aromatic N) is 2. The zero-order chi connectivity index (χ0) is 17.3. The summed E-state index contributed by atoms with van der Waals surface area (Å²) in [5.74, 6) is 0. The van der Waals surface area contributed by atoms with E-state index < -0.39 is 34.3 Å². The summed E-state index contributed by atoms with van der Waals surface area (Å²) in [5, 5.41) is 20.9. The van der Waals surface area contributed by atoms with Crippen LogP contribution < -0.4 is 0 Å². The van der Waals surface area contributed by atoms with E-state index in [2.05, 4.69) is 0 Å². The van der Waals surface area contributed by atoms with E-state index in [9.17, 15) is 10.1 Å². The highest BCUT2D eigenvalue weighted by Gasteiger charge is 2.15. The maximum absolute atomic E-state index is 11.3. The van der Waals surface area contributed by atoms with Gasteiger partial charge in [0.1, 0.15) is 0 Å². The molecular formula is C14H8Cl2N2O2. The van der Waals surface area contributed by atoms with Crippen LogP contribution in [0.3, 0.4) is 0 Å². The van der Waals surface area contributed by atoms with Crippen LogP contribution in [-0.2, 0) is 6.42 Å². The lowest BCUT2D eigenvalue weighted by Crippen LogP contribution is -1.97. The second-order valence-corrected chi connectivity index (χ2v) is 4.77. The van der Waals surface area contributed by atoms with E-state index in [1.807, 2.05) is 0 Å². The van der Waals surface area contributed by atoms with Crippen molar-refractivity contribution in [2.24, 2.45) is 0 Å². The van der Waals surface area contributed by atoms with Crippen LogP contribution in [-0.4, -0.2) is 4.92 Å². The second kappa shape index (κ2) is 5.91. The van der Waals surface area contributed by atoms with E-state index in [-0.39, 0.29) is 12.0 Å². The van der Waals surface area contributed by atoms with Crippen LogP contribution in [0.2, 0.25) is 10.0 Å². The molecule has 0 spiro atoms. The Bertz CT molecular complexity index is 846. The molecule has 0 amide bonds. The number of benzene rings is 2. The SMILES string of the molecule is [2H]c1c([2H])c(Cc2cc(Cl)cc(Cl)c2)c([N+](=O)[O-])c([2H])c1C#N. The average molecular weight is 310 g/mol. The van der Waals surface area contributed by atoms with E-state index >= 15 is 0 Å². The molecular weight excluding hydrogens is 299 g/mol. The summed E-state index contributed by atoms with van der Waals surface area (Å²) in [5.41, 5.74) is -0.766. The molecule has 0 bridgehead atoms. The van der Waals surface area contributed by atoms with Gasteiger partial charge in [0.15, 0.2) is 0 Å². The monoisotopic (exact) mass is 309 g/mol. The van der Waals surface area contributed by atoms with Crippen molar-refractivity contribution in [1.82, 2.24) is 0 Å². The van der Waals surface area contributed by atoms with Gasteiger partial charge < -0.3 is 0 Å². The van der Waals surface area contributed by atoms with Crippen LogP contribution in [0.15, 0.2) is 36.3 Å². The number of nitro groups is 1. The van der Waals surface area contributed by atoms with Gasteiger partial charge in [-0.3, -0.25) is 10.1 Å². The Morgan fingerprint density at radius 1 is 1.30 bits per heavy atom. The van der Waals surface area contributed by atoms with Gasteiger partial charge in [0.05, 0.1) is 20.7 Å². The molecule has 100 valence electrons. The molecule has 0 heterocycles. The van der Waals surface area contributed by atoms with Gasteiger partial charge in [0.2, 0.25) is 0 Å². The Labute approximate surface area is 129 Å². The summed E-state index contributed by atoms with van der Waals surface area (Å²) in [7, 11) is 0. The predicted molar refractivity (Wildman–Crippen MR) is 77.1 cm³/mol. The van der Waals surface area contributed by atoms with E-state index in [0.717, 1.165) is 0 Å². The Morgan fingerprint density at radius 3 is 2.50 bits per heavy atom. The summed E-state index contributed by atoms with van der Waals surface area (Å²) < 4.78 is 23.5. The number of nitro benzene ring substituents is 1. The van der Waals surface area contributed by atoms with Crippen molar-refractivity contribution in [2.45, 2.75) is 6.42 Å². The van der Waals surface area contributed by atoms with Crippen LogP contribution in [0.4, 0.5) is 5.69 Å². The van der Waals surface area contributed by atoms with Crippen molar-refractivity contribution in [2.75, 3.05) is 0 Å². The first-order valence-electron chi connectivity index (χ1n) is 6.88. The zero-order valence-electron chi connectivity index (χ0n) is 12.9. The molecule has 2 aromatic rings. The molecule has 4 nitrogen and oxygen atoms in total. The van der Waals surface area contributed by atoms with Crippen LogP contribution in [0.1, 0.15) is 20.8 Å². The van der Waals surface area contributed by atoms with Crippen LogP contribution in [0, 0.1) is 21.4 Å². The maximum Gasteiger partial charge on any atom is 0.274 e. The molecule has 0 radical (unpaired) electrons. The minimum absolute atomic E-state index is 0.0983. The van der Waals surface area contributed by atoms with Gasteiger partial charge >= 0.3 is 0 Å². The largest absolute Gasteiger partial charge is 0.274 e. The average Bonchev–Trinajstić information content (AvgIpc) is 2.43. The van der Waals surface area contributed by atoms with Gasteiger partial charge in [-0.25, -0.2) is 0 Å². The van der Waals surface area contributed by atoms with Gasteiger partial charge in [-0.1, -0.05) is 29.2 Å². The summed E-state index contributed by atoms with van der Waals surface area (Å²) in [4.78, 5) is 10.5. The molecule has 0 aromatic heterocycles. The highest BCUT2D eigenvalue weighted by Crippen LogP contribution is 2.26. The van der Waals surface area contributed by atoms with Crippen LogP contribution >= 0.6 is 23.2 Å². The highest BCUT2D eigenvalue weighted by molar-refractivity contribution is 6.34. The van der Waals surface area contributed by atoms with Crippen LogP contribution in [0.5, 0.6) is 0 Å². The third kappa shape index (κ3) is 3.27. The molecule has 0 N–H and O–H groups in total. The van der Waals surface area contributed by atoms with Crippen molar-refractivity contribution in [3.63, 3.8) is 0 Å². The summed E-state index contributed by atoms with van der Waals surface area (Å²) in [6.07, 6.45) is -0.0983. The first-order chi connectivity index (χ1) is 10.8.